The minimum absolute atomic E-state index is 0.516. The number of aryl methyl sites for hydroxylation is 2. The van der Waals surface area contributed by atoms with Crippen molar-refractivity contribution in [3.63, 3.8) is 0 Å². The smallest absolute Gasteiger partial charge is 0.0701 e. The summed E-state index contributed by atoms with van der Waals surface area (Å²) in [4.78, 5) is 5.47. The Morgan fingerprint density at radius 1 is 0.375 bits per heavy atom. The van der Waals surface area contributed by atoms with Gasteiger partial charge in [-0.05, 0) is 98.8 Å². The molecule has 0 aliphatic carbocycles. The third-order valence-corrected chi connectivity index (χ3v) is 12.8. The van der Waals surface area contributed by atoms with E-state index in [0.717, 1.165) is 28.0 Å². The average molecular weight is 825 g/mol. The number of nitrogens with two attached hydrogens (primary N) is 1. The summed E-state index contributed by atoms with van der Waals surface area (Å²) >= 11 is 0. The first-order valence-electron chi connectivity index (χ1n) is 22.1. The van der Waals surface area contributed by atoms with Crippen molar-refractivity contribution in [1.82, 2.24) is 0 Å². The van der Waals surface area contributed by atoms with Crippen LogP contribution in [0.4, 0.5) is 0 Å². The monoisotopic (exact) mass is 824 g/mol. The summed E-state index contributed by atoms with van der Waals surface area (Å²) in [6, 6.07) is 89.1. The van der Waals surface area contributed by atoms with Gasteiger partial charge < -0.3 is 5.73 Å². The summed E-state index contributed by atoms with van der Waals surface area (Å²) in [6.45, 7) is 4.85. The molecule has 0 aromatic heterocycles. The molecule has 9 aromatic carbocycles. The molecular weight excluding hydrogens is 773 g/mol. The van der Waals surface area contributed by atoms with E-state index in [9.17, 15) is 0 Å². The van der Waals surface area contributed by atoms with E-state index in [1.165, 1.54) is 50.1 Å². The molecular formula is C62H52N2. The van der Waals surface area contributed by atoms with Gasteiger partial charge in [0.2, 0.25) is 0 Å². The van der Waals surface area contributed by atoms with Gasteiger partial charge in [0.25, 0.3) is 0 Å². The lowest BCUT2D eigenvalue weighted by atomic mass is 9.65. The number of rotatable bonds is 13. The van der Waals surface area contributed by atoms with Crippen LogP contribution in [0, 0.1) is 13.8 Å². The molecule has 9 rings (SSSR count). The fourth-order valence-electron chi connectivity index (χ4n) is 9.69. The predicted octanol–water partition coefficient (Wildman–Crippen LogP) is 14.1. The Bertz CT molecular complexity index is 2800. The lowest BCUT2D eigenvalue weighted by Crippen LogP contribution is -2.31. The minimum Gasteiger partial charge on any atom is -0.398 e. The number of hydrogen-bond donors (Lipinski definition) is 1. The fourth-order valence-corrected chi connectivity index (χ4v) is 9.69. The van der Waals surface area contributed by atoms with Crippen LogP contribution < -0.4 is 5.73 Å². The quantitative estimate of drug-likeness (QED) is 0.0913. The second-order valence-corrected chi connectivity index (χ2v) is 16.5. The third-order valence-electron chi connectivity index (χ3n) is 12.8. The molecule has 0 saturated heterocycles. The van der Waals surface area contributed by atoms with E-state index in [1.54, 1.807) is 0 Å². The first-order chi connectivity index (χ1) is 31.5. The SMILES string of the molecule is Cc1cccc(C)c1CN=C(/C=C(\N)c1cccc(C(c2ccccc2)(c2ccccc2)c2ccccc2)c1)c1cccc(C(c2ccccc2)(c2ccccc2)c2ccccc2)c1. The normalized spacial score (nSPS) is 12.2. The number of hydrogen-bond acceptors (Lipinski definition) is 2. The molecule has 2 nitrogen and oxygen atoms in total. The summed E-state index contributed by atoms with van der Waals surface area (Å²) in [7, 11) is 0. The topological polar surface area (TPSA) is 38.4 Å². The van der Waals surface area contributed by atoms with Gasteiger partial charge in [0.15, 0.2) is 0 Å². The van der Waals surface area contributed by atoms with E-state index in [4.69, 9.17) is 10.7 Å². The molecule has 0 aliphatic heterocycles. The molecule has 0 atom stereocenters. The zero-order chi connectivity index (χ0) is 43.8. The number of aliphatic imine (C=N–C) groups is 1. The van der Waals surface area contributed by atoms with Crippen molar-refractivity contribution < 1.29 is 0 Å². The fraction of sp³-hybridized carbons (Fsp3) is 0.0806. The maximum absolute atomic E-state index is 7.37. The van der Waals surface area contributed by atoms with Crippen molar-refractivity contribution in [1.29, 1.82) is 0 Å². The predicted molar refractivity (Wildman–Crippen MR) is 268 cm³/mol. The molecule has 0 bridgehead atoms. The highest BCUT2D eigenvalue weighted by atomic mass is 14.7. The molecule has 2 N–H and O–H groups in total. The van der Waals surface area contributed by atoms with E-state index in [-0.39, 0.29) is 0 Å². The van der Waals surface area contributed by atoms with Crippen LogP contribution in [0.3, 0.4) is 0 Å². The van der Waals surface area contributed by atoms with Crippen molar-refractivity contribution in [2.75, 3.05) is 0 Å². The van der Waals surface area contributed by atoms with Crippen molar-refractivity contribution in [2.24, 2.45) is 10.7 Å². The molecule has 9 aromatic rings. The summed E-state index contributed by atoms with van der Waals surface area (Å²) < 4.78 is 0. The number of nitrogens with zero attached hydrogens (tertiary/aromatic N) is 1. The Hall–Kier alpha value is -7.81. The Balaban J connectivity index is 1.24. The van der Waals surface area contributed by atoms with E-state index in [1.807, 2.05) is 0 Å². The van der Waals surface area contributed by atoms with Crippen molar-refractivity contribution in [3.8, 4) is 0 Å². The minimum atomic E-state index is -0.614. The standard InChI is InChI=1S/C62H52N2/c1-46-24-21-25-47(2)58(46)45-64-60(49-27-23-41-57(43-49)62(53-34-15-6-16-35-53,54-36-17-7-18-37-54)55-38-19-8-20-39-55)44-59(63)48-26-22-40-56(42-48)61(50-28-9-3-10-29-50,51-30-11-4-12-31-51)52-32-13-5-14-33-52/h3-44H,45,63H2,1-2H3/b59-44-,64-60?. The Morgan fingerprint density at radius 2 is 0.672 bits per heavy atom. The number of allylic oxidation sites excluding steroid dienone is 1. The highest BCUT2D eigenvalue weighted by Crippen LogP contribution is 2.47. The van der Waals surface area contributed by atoms with Crippen LogP contribution >= 0.6 is 0 Å². The highest BCUT2D eigenvalue weighted by molar-refractivity contribution is 6.12. The second kappa shape index (κ2) is 18.7. The van der Waals surface area contributed by atoms with Gasteiger partial charge in [0.1, 0.15) is 0 Å². The molecule has 0 saturated carbocycles. The molecule has 2 heteroatoms. The molecule has 0 amide bonds. The van der Waals surface area contributed by atoms with E-state index < -0.39 is 10.8 Å². The Labute approximate surface area is 378 Å². The van der Waals surface area contributed by atoms with Crippen LogP contribution in [-0.2, 0) is 17.4 Å². The molecule has 0 aliphatic rings. The first kappa shape index (κ1) is 41.5. The van der Waals surface area contributed by atoms with Crippen molar-refractivity contribution in [2.45, 2.75) is 31.2 Å². The van der Waals surface area contributed by atoms with Crippen LogP contribution in [0.1, 0.15) is 72.3 Å². The summed E-state index contributed by atoms with van der Waals surface area (Å²) in [6.07, 6.45) is 2.08. The van der Waals surface area contributed by atoms with Gasteiger partial charge in [-0.3, -0.25) is 4.99 Å². The average Bonchev–Trinajstić information content (AvgIpc) is 3.36. The zero-order valence-corrected chi connectivity index (χ0v) is 36.5. The van der Waals surface area contributed by atoms with Gasteiger partial charge >= 0.3 is 0 Å². The first-order valence-corrected chi connectivity index (χ1v) is 22.1. The van der Waals surface area contributed by atoms with Crippen molar-refractivity contribution in [3.05, 3.63) is 327 Å². The molecule has 64 heavy (non-hydrogen) atoms. The van der Waals surface area contributed by atoms with Gasteiger partial charge in [-0.2, -0.15) is 0 Å². The maximum atomic E-state index is 7.37. The van der Waals surface area contributed by atoms with Gasteiger partial charge in [-0.25, -0.2) is 0 Å². The van der Waals surface area contributed by atoms with E-state index >= 15 is 0 Å². The van der Waals surface area contributed by atoms with Crippen LogP contribution in [0.15, 0.2) is 260 Å². The third kappa shape index (κ3) is 7.91. The lowest BCUT2D eigenvalue weighted by Gasteiger charge is -2.37. The molecule has 0 fully saturated rings. The molecule has 0 radical (unpaired) electrons. The summed E-state index contributed by atoms with van der Waals surface area (Å²) in [5.41, 5.74) is 22.5. The van der Waals surface area contributed by atoms with Gasteiger partial charge in [0.05, 0.1) is 23.1 Å². The summed E-state index contributed by atoms with van der Waals surface area (Å²) in [5, 5.41) is 0. The Kier molecular flexibility index (Phi) is 12.1. The lowest BCUT2D eigenvalue weighted by molar-refractivity contribution is 0.744. The maximum Gasteiger partial charge on any atom is 0.0701 e. The Morgan fingerprint density at radius 3 is 1.03 bits per heavy atom. The highest BCUT2D eigenvalue weighted by Gasteiger charge is 2.40. The molecule has 0 unspecified atom stereocenters. The van der Waals surface area contributed by atoms with Crippen LogP contribution in [0.25, 0.3) is 5.70 Å². The molecule has 310 valence electrons. The molecule has 0 heterocycles. The van der Waals surface area contributed by atoms with Gasteiger partial charge in [-0.15, -0.1) is 0 Å². The van der Waals surface area contributed by atoms with Crippen LogP contribution in [-0.4, -0.2) is 5.71 Å². The summed E-state index contributed by atoms with van der Waals surface area (Å²) in [5.74, 6) is 0. The van der Waals surface area contributed by atoms with Gasteiger partial charge in [-0.1, -0.05) is 237 Å². The number of benzene rings is 9. The van der Waals surface area contributed by atoms with Crippen LogP contribution in [0.5, 0.6) is 0 Å². The molecule has 0 spiro atoms. The van der Waals surface area contributed by atoms with E-state index in [0.29, 0.717) is 12.2 Å². The van der Waals surface area contributed by atoms with E-state index in [2.05, 4.69) is 269 Å². The zero-order valence-electron chi connectivity index (χ0n) is 36.5. The van der Waals surface area contributed by atoms with Crippen LogP contribution in [0.2, 0.25) is 0 Å². The van der Waals surface area contributed by atoms with Gasteiger partial charge in [0, 0.05) is 11.3 Å². The largest absolute Gasteiger partial charge is 0.398 e. The van der Waals surface area contributed by atoms with Crippen molar-refractivity contribution >= 4 is 11.4 Å². The second-order valence-electron chi connectivity index (χ2n) is 16.5.